The van der Waals surface area contributed by atoms with E-state index in [-0.39, 0.29) is 12.4 Å². The maximum absolute atomic E-state index is 14.0. The van der Waals surface area contributed by atoms with Gasteiger partial charge in [-0.05, 0) is 29.7 Å². The molecule has 148 valence electrons. The van der Waals surface area contributed by atoms with Gasteiger partial charge in [-0.2, -0.15) is 0 Å². The summed E-state index contributed by atoms with van der Waals surface area (Å²) >= 11 is 1.36. The molecule has 28 heavy (non-hydrogen) atoms. The molecule has 0 fully saturated rings. The Morgan fingerprint density at radius 2 is 1.82 bits per heavy atom. The van der Waals surface area contributed by atoms with Crippen molar-refractivity contribution in [3.63, 3.8) is 0 Å². The van der Waals surface area contributed by atoms with Crippen LogP contribution < -0.4 is 4.74 Å². The van der Waals surface area contributed by atoms with Crippen molar-refractivity contribution in [1.29, 1.82) is 0 Å². The molecular formula is C21H24FN3O2S. The van der Waals surface area contributed by atoms with Crippen LogP contribution >= 0.6 is 11.8 Å². The molecule has 0 spiro atoms. The van der Waals surface area contributed by atoms with Gasteiger partial charge >= 0.3 is 0 Å². The van der Waals surface area contributed by atoms with Crippen LogP contribution in [0, 0.1) is 5.82 Å². The Morgan fingerprint density at radius 1 is 1.11 bits per heavy atom. The highest BCUT2D eigenvalue weighted by molar-refractivity contribution is 7.99. The fourth-order valence-electron chi connectivity index (χ4n) is 2.81. The van der Waals surface area contributed by atoms with Gasteiger partial charge in [0.25, 0.3) is 0 Å². The number of hydrogen-bond donors (Lipinski definition) is 1. The number of halogens is 1. The van der Waals surface area contributed by atoms with Crippen molar-refractivity contribution in [2.45, 2.75) is 31.0 Å². The van der Waals surface area contributed by atoms with E-state index in [0.29, 0.717) is 28.2 Å². The lowest BCUT2D eigenvalue weighted by Crippen LogP contribution is -2.20. The first-order valence-corrected chi connectivity index (χ1v) is 10.1. The summed E-state index contributed by atoms with van der Waals surface area (Å²) in [5.41, 5.74) is 1.52. The number of nitrogens with zero attached hydrogens (tertiary/aromatic N) is 3. The van der Waals surface area contributed by atoms with Crippen LogP contribution in [0.5, 0.6) is 5.75 Å². The minimum Gasteiger partial charge on any atom is -0.491 e. The molecule has 1 N–H and O–H groups in total. The second kappa shape index (κ2) is 9.21. The predicted molar refractivity (Wildman–Crippen MR) is 109 cm³/mol. The van der Waals surface area contributed by atoms with Gasteiger partial charge in [0.05, 0.1) is 11.7 Å². The van der Waals surface area contributed by atoms with Crippen molar-refractivity contribution >= 4 is 11.8 Å². The summed E-state index contributed by atoms with van der Waals surface area (Å²) in [6.45, 7) is 4.40. The number of rotatable bonds is 8. The maximum Gasteiger partial charge on any atom is 0.191 e. The molecule has 2 aromatic carbocycles. The number of aliphatic hydroxyl groups excluding tert-OH is 1. The molecule has 0 aliphatic carbocycles. The van der Waals surface area contributed by atoms with Gasteiger partial charge in [-0.3, -0.25) is 0 Å². The number of hydrogen-bond acceptors (Lipinski definition) is 5. The molecule has 3 rings (SSSR count). The molecule has 0 saturated heterocycles. The van der Waals surface area contributed by atoms with Crippen molar-refractivity contribution < 1.29 is 14.2 Å². The lowest BCUT2D eigenvalue weighted by atomic mass is 10.0. The third kappa shape index (κ3) is 4.72. The predicted octanol–water partition coefficient (Wildman–Crippen LogP) is 4.28. The van der Waals surface area contributed by atoms with Crippen LogP contribution in [0.1, 0.15) is 25.3 Å². The zero-order valence-corrected chi connectivity index (χ0v) is 17.0. The van der Waals surface area contributed by atoms with Gasteiger partial charge < -0.3 is 14.4 Å². The Kier molecular flexibility index (Phi) is 6.70. The highest BCUT2D eigenvalue weighted by Gasteiger charge is 2.16. The molecule has 0 radical (unpaired) electrons. The first-order chi connectivity index (χ1) is 13.5. The molecule has 0 bridgehead atoms. The molecule has 0 unspecified atom stereocenters. The summed E-state index contributed by atoms with van der Waals surface area (Å²) < 4.78 is 21.5. The third-order valence-electron chi connectivity index (χ3n) is 4.33. The lowest BCUT2D eigenvalue weighted by Gasteiger charge is -2.16. The summed E-state index contributed by atoms with van der Waals surface area (Å²) in [5, 5.41) is 19.1. The molecule has 1 aromatic heterocycles. The van der Waals surface area contributed by atoms with Crippen LogP contribution in [0.3, 0.4) is 0 Å². The lowest BCUT2D eigenvalue weighted by molar-refractivity contribution is 0.125. The van der Waals surface area contributed by atoms with Crippen molar-refractivity contribution in [1.82, 2.24) is 14.8 Å². The molecule has 0 aliphatic rings. The van der Waals surface area contributed by atoms with E-state index in [2.05, 4.69) is 24.0 Å². The smallest absolute Gasteiger partial charge is 0.191 e. The van der Waals surface area contributed by atoms with Crippen LogP contribution in [0.2, 0.25) is 0 Å². The molecule has 0 amide bonds. The summed E-state index contributed by atoms with van der Waals surface area (Å²) in [5.74, 6) is 1.65. The van der Waals surface area contributed by atoms with Crippen LogP contribution in [0.4, 0.5) is 4.39 Å². The Labute approximate surface area is 168 Å². The Bertz CT molecular complexity index is 930. The van der Waals surface area contributed by atoms with Crippen molar-refractivity contribution in [2.24, 2.45) is 7.05 Å². The van der Waals surface area contributed by atoms with E-state index < -0.39 is 6.10 Å². The SMILES string of the molecule is CC(C)c1ccccc1OC[C@@H](O)CSc1nnc(-c2ccccc2F)n1C. The van der Waals surface area contributed by atoms with Gasteiger partial charge in [-0.25, -0.2) is 4.39 Å². The number of thioether (sulfide) groups is 1. The first kappa shape index (κ1) is 20.4. The number of aliphatic hydroxyl groups is 1. The summed E-state index contributed by atoms with van der Waals surface area (Å²) in [6.07, 6.45) is -0.668. The number of ether oxygens (including phenoxy) is 1. The van der Waals surface area contributed by atoms with E-state index in [1.165, 1.54) is 17.8 Å². The second-order valence-electron chi connectivity index (χ2n) is 6.81. The topological polar surface area (TPSA) is 60.2 Å². The largest absolute Gasteiger partial charge is 0.491 e. The van der Waals surface area contributed by atoms with E-state index >= 15 is 0 Å². The molecule has 0 saturated carbocycles. The third-order valence-corrected chi connectivity index (χ3v) is 5.49. The zero-order valence-electron chi connectivity index (χ0n) is 16.2. The number of benzene rings is 2. The zero-order chi connectivity index (χ0) is 20.1. The van der Waals surface area contributed by atoms with Crippen molar-refractivity contribution in [3.8, 4) is 17.1 Å². The van der Waals surface area contributed by atoms with E-state index in [9.17, 15) is 9.50 Å². The Hall–Kier alpha value is -2.38. The highest BCUT2D eigenvalue weighted by atomic mass is 32.2. The summed E-state index contributed by atoms with van der Waals surface area (Å²) in [7, 11) is 1.78. The van der Waals surface area contributed by atoms with Crippen LogP contribution in [-0.4, -0.2) is 38.3 Å². The molecule has 3 aromatic rings. The van der Waals surface area contributed by atoms with Crippen molar-refractivity contribution in [3.05, 3.63) is 59.9 Å². The van der Waals surface area contributed by atoms with Gasteiger partial charge in [0.2, 0.25) is 0 Å². The molecule has 5 nitrogen and oxygen atoms in total. The standard InChI is InChI=1S/C21H24FN3O2S/c1-14(2)16-8-5-7-11-19(16)27-12-15(26)13-28-21-24-23-20(25(21)3)17-9-4-6-10-18(17)22/h4-11,14-15,26H,12-13H2,1-3H3/t15-/m1/s1. The van der Waals surface area contributed by atoms with Gasteiger partial charge in [0.1, 0.15) is 18.2 Å². The van der Waals surface area contributed by atoms with Gasteiger partial charge in [0.15, 0.2) is 11.0 Å². The Balaban J connectivity index is 1.59. The molecule has 1 heterocycles. The average Bonchev–Trinajstić information content (AvgIpc) is 3.05. The summed E-state index contributed by atoms with van der Waals surface area (Å²) in [6, 6.07) is 14.3. The molecule has 0 aliphatic heterocycles. The monoisotopic (exact) mass is 401 g/mol. The van der Waals surface area contributed by atoms with Crippen LogP contribution in [0.15, 0.2) is 53.7 Å². The first-order valence-electron chi connectivity index (χ1n) is 9.14. The van der Waals surface area contributed by atoms with E-state index in [1.54, 1.807) is 29.8 Å². The number of para-hydroxylation sites is 1. The fourth-order valence-corrected chi connectivity index (χ4v) is 3.63. The van der Waals surface area contributed by atoms with Crippen molar-refractivity contribution in [2.75, 3.05) is 12.4 Å². The molecule has 1 atom stereocenters. The fraction of sp³-hybridized carbons (Fsp3) is 0.333. The van der Waals surface area contributed by atoms with Gasteiger partial charge in [0, 0.05) is 12.8 Å². The average molecular weight is 402 g/mol. The van der Waals surface area contributed by atoms with E-state index in [4.69, 9.17) is 4.74 Å². The van der Waals surface area contributed by atoms with Crippen LogP contribution in [0.25, 0.3) is 11.4 Å². The van der Waals surface area contributed by atoms with Gasteiger partial charge in [-0.15, -0.1) is 10.2 Å². The Morgan fingerprint density at radius 3 is 2.57 bits per heavy atom. The molecule has 7 heteroatoms. The minimum absolute atomic E-state index is 0.189. The van der Waals surface area contributed by atoms with Gasteiger partial charge in [-0.1, -0.05) is 55.9 Å². The normalized spacial score (nSPS) is 12.4. The number of aromatic nitrogens is 3. The maximum atomic E-state index is 14.0. The molecular weight excluding hydrogens is 377 g/mol. The van der Waals surface area contributed by atoms with Crippen LogP contribution in [-0.2, 0) is 7.05 Å². The quantitative estimate of drug-likeness (QED) is 0.571. The minimum atomic E-state index is -0.668. The van der Waals surface area contributed by atoms with E-state index in [1.807, 2.05) is 24.3 Å². The van der Waals surface area contributed by atoms with E-state index in [0.717, 1.165) is 11.3 Å². The summed E-state index contributed by atoms with van der Waals surface area (Å²) in [4.78, 5) is 0. The highest BCUT2D eigenvalue weighted by Crippen LogP contribution is 2.27. The second-order valence-corrected chi connectivity index (χ2v) is 7.80.